The summed E-state index contributed by atoms with van der Waals surface area (Å²) in [5, 5.41) is 2.09. The normalized spacial score (nSPS) is 20.9. The van der Waals surface area contributed by atoms with Gasteiger partial charge in [-0.2, -0.15) is 0 Å². The van der Waals surface area contributed by atoms with Gasteiger partial charge in [0.25, 0.3) is 0 Å². The number of aliphatic imine (C=N–C) groups is 1. The molecule has 1 aliphatic rings. The van der Waals surface area contributed by atoms with Crippen LogP contribution in [0.3, 0.4) is 0 Å². The molecule has 0 bridgehead atoms. The molecule has 3 heteroatoms. The number of hydrogen-bond donors (Lipinski definition) is 1. The maximum Gasteiger partial charge on any atom is 0.148 e. The molecule has 0 amide bonds. The molecule has 1 aliphatic heterocycles. The van der Waals surface area contributed by atoms with E-state index in [0.29, 0.717) is 0 Å². The molecule has 0 aromatic heterocycles. The minimum absolute atomic E-state index is 0.140. The summed E-state index contributed by atoms with van der Waals surface area (Å²) in [6.07, 6.45) is 0. The Bertz CT molecular complexity index is 418. The Labute approximate surface area is 94.3 Å². The molecule has 0 saturated heterocycles. The molecule has 2 nitrogen and oxygen atoms in total. The molecule has 0 radical (unpaired) electrons. The average Bonchev–Trinajstić information content (AvgIpc) is 2.20. The van der Waals surface area contributed by atoms with Crippen molar-refractivity contribution in [2.45, 2.75) is 19.3 Å². The molecule has 2 rings (SSSR count). The third kappa shape index (κ3) is 2.30. The number of rotatable bonds is 1. The van der Waals surface area contributed by atoms with E-state index in [9.17, 15) is 0 Å². The minimum atomic E-state index is -0.140. The van der Waals surface area contributed by atoms with Crippen LogP contribution in [-0.4, -0.2) is 11.2 Å². The van der Waals surface area contributed by atoms with Gasteiger partial charge in [0, 0.05) is 11.3 Å². The van der Waals surface area contributed by atoms with Crippen molar-refractivity contribution in [2.75, 3.05) is 0 Å². The van der Waals surface area contributed by atoms with Crippen molar-refractivity contribution in [3.63, 3.8) is 0 Å². The van der Waals surface area contributed by atoms with E-state index in [1.807, 2.05) is 6.92 Å². The first-order chi connectivity index (χ1) is 7.16. The van der Waals surface area contributed by atoms with Crippen molar-refractivity contribution in [1.29, 1.82) is 0 Å². The highest BCUT2D eigenvalue weighted by molar-refractivity contribution is 8.02. The van der Waals surface area contributed by atoms with E-state index >= 15 is 0 Å². The van der Waals surface area contributed by atoms with Crippen molar-refractivity contribution in [1.82, 2.24) is 0 Å². The zero-order valence-corrected chi connectivity index (χ0v) is 9.71. The van der Waals surface area contributed by atoms with Gasteiger partial charge in [0.1, 0.15) is 5.50 Å². The van der Waals surface area contributed by atoms with Gasteiger partial charge in [0.2, 0.25) is 0 Å². The summed E-state index contributed by atoms with van der Waals surface area (Å²) in [7, 11) is 0. The van der Waals surface area contributed by atoms with Gasteiger partial charge in [-0.05, 0) is 24.8 Å². The molecule has 0 saturated carbocycles. The molecule has 78 valence electrons. The van der Waals surface area contributed by atoms with Crippen LogP contribution in [-0.2, 0) is 0 Å². The van der Waals surface area contributed by atoms with Gasteiger partial charge >= 0.3 is 0 Å². The zero-order chi connectivity index (χ0) is 10.8. The second-order valence-corrected chi connectivity index (χ2v) is 4.63. The highest BCUT2D eigenvalue weighted by atomic mass is 32.2. The number of hydrogen-bond acceptors (Lipinski definition) is 3. The summed E-state index contributed by atoms with van der Waals surface area (Å²) in [4.78, 5) is 4.35. The van der Waals surface area contributed by atoms with Crippen LogP contribution < -0.4 is 5.73 Å². The van der Waals surface area contributed by atoms with Crippen LogP contribution in [0.5, 0.6) is 0 Å². The Balaban J connectivity index is 2.33. The molecule has 2 N–H and O–H groups in total. The van der Waals surface area contributed by atoms with Crippen LogP contribution in [0, 0.1) is 6.92 Å². The average molecular weight is 218 g/mol. The largest absolute Gasteiger partial charge is 0.301 e. The molecular formula is C12H14N2S. The lowest BCUT2D eigenvalue weighted by molar-refractivity contribution is 0.990. The number of aryl methyl sites for hydroxylation is 1. The molecule has 1 aromatic rings. The van der Waals surface area contributed by atoms with Gasteiger partial charge < -0.3 is 5.73 Å². The Morgan fingerprint density at radius 2 is 1.87 bits per heavy atom. The third-order valence-corrected chi connectivity index (χ3v) is 3.15. The van der Waals surface area contributed by atoms with Gasteiger partial charge in [-0.3, -0.25) is 4.99 Å². The first-order valence-electron chi connectivity index (χ1n) is 4.90. The van der Waals surface area contributed by atoms with Crippen molar-refractivity contribution in [2.24, 2.45) is 10.7 Å². The molecule has 0 aliphatic carbocycles. The van der Waals surface area contributed by atoms with Gasteiger partial charge in [0.05, 0.1) is 0 Å². The van der Waals surface area contributed by atoms with Crippen LogP contribution >= 0.6 is 11.8 Å². The monoisotopic (exact) mass is 218 g/mol. The number of nitrogens with zero attached hydrogens (tertiary/aromatic N) is 1. The minimum Gasteiger partial charge on any atom is -0.301 e. The Morgan fingerprint density at radius 3 is 2.47 bits per heavy atom. The third-order valence-electron chi connectivity index (χ3n) is 2.40. The Hall–Kier alpha value is -1.06. The van der Waals surface area contributed by atoms with Crippen LogP contribution in [0.4, 0.5) is 0 Å². The van der Waals surface area contributed by atoms with E-state index in [1.54, 1.807) is 11.8 Å². The summed E-state index contributed by atoms with van der Waals surface area (Å²) >= 11 is 1.56. The maximum absolute atomic E-state index is 5.72. The first kappa shape index (κ1) is 10.5. The van der Waals surface area contributed by atoms with Crippen molar-refractivity contribution in [3.8, 4) is 0 Å². The second-order valence-electron chi connectivity index (χ2n) is 3.64. The second kappa shape index (κ2) is 4.21. The predicted molar refractivity (Wildman–Crippen MR) is 67.8 cm³/mol. The molecule has 0 spiro atoms. The van der Waals surface area contributed by atoms with Gasteiger partial charge in [0.15, 0.2) is 0 Å². The van der Waals surface area contributed by atoms with E-state index in [1.165, 1.54) is 16.7 Å². The Kier molecular flexibility index (Phi) is 2.93. The quantitative estimate of drug-likeness (QED) is 0.787. The van der Waals surface area contributed by atoms with Crippen LogP contribution in [0.1, 0.15) is 18.1 Å². The molecule has 1 aromatic carbocycles. The number of benzene rings is 1. The lowest BCUT2D eigenvalue weighted by Crippen LogP contribution is -2.17. The molecule has 1 atom stereocenters. The van der Waals surface area contributed by atoms with Crippen molar-refractivity contribution >= 4 is 23.0 Å². The fourth-order valence-electron chi connectivity index (χ4n) is 1.52. The molecule has 15 heavy (non-hydrogen) atoms. The Morgan fingerprint density at radius 1 is 1.20 bits per heavy atom. The van der Waals surface area contributed by atoms with E-state index in [-0.39, 0.29) is 5.50 Å². The summed E-state index contributed by atoms with van der Waals surface area (Å²) in [6.45, 7) is 4.09. The lowest BCUT2D eigenvalue weighted by Gasteiger charge is -2.15. The number of allylic oxidation sites excluding steroid dienone is 1. The highest BCUT2D eigenvalue weighted by Crippen LogP contribution is 2.26. The van der Waals surface area contributed by atoms with Gasteiger partial charge in [-0.1, -0.05) is 41.6 Å². The highest BCUT2D eigenvalue weighted by Gasteiger charge is 2.12. The summed E-state index contributed by atoms with van der Waals surface area (Å²) in [6, 6.07) is 8.47. The summed E-state index contributed by atoms with van der Waals surface area (Å²) < 4.78 is 0. The first-order valence-corrected chi connectivity index (χ1v) is 5.84. The smallest absolute Gasteiger partial charge is 0.148 e. The van der Waals surface area contributed by atoms with E-state index in [0.717, 1.165) is 5.71 Å². The van der Waals surface area contributed by atoms with Crippen LogP contribution in [0.25, 0.3) is 5.57 Å². The van der Waals surface area contributed by atoms with Gasteiger partial charge in [-0.25, -0.2) is 0 Å². The fourth-order valence-corrected chi connectivity index (χ4v) is 2.33. The zero-order valence-electron chi connectivity index (χ0n) is 8.90. The van der Waals surface area contributed by atoms with Crippen LogP contribution in [0.15, 0.2) is 34.7 Å². The van der Waals surface area contributed by atoms with E-state index in [2.05, 4.69) is 41.6 Å². The summed E-state index contributed by atoms with van der Waals surface area (Å²) in [5.41, 5.74) is 10.3. The van der Waals surface area contributed by atoms with Gasteiger partial charge in [-0.15, -0.1) is 0 Å². The molecular weight excluding hydrogens is 204 g/mol. The lowest BCUT2D eigenvalue weighted by atomic mass is 10.0. The maximum atomic E-state index is 5.72. The van der Waals surface area contributed by atoms with Crippen molar-refractivity contribution in [3.05, 3.63) is 40.8 Å². The van der Waals surface area contributed by atoms with Crippen LogP contribution in [0.2, 0.25) is 0 Å². The summed E-state index contributed by atoms with van der Waals surface area (Å²) in [5.74, 6) is 0. The molecule has 1 heterocycles. The fraction of sp³-hybridized carbons (Fsp3) is 0.250. The number of nitrogens with two attached hydrogens (primary N) is 1. The SMILES string of the molecule is CC1=NC(N)SC=C1c1ccc(C)cc1. The number of thioether (sulfide) groups is 1. The van der Waals surface area contributed by atoms with E-state index < -0.39 is 0 Å². The van der Waals surface area contributed by atoms with E-state index in [4.69, 9.17) is 5.73 Å². The predicted octanol–water partition coefficient (Wildman–Crippen LogP) is 2.79. The van der Waals surface area contributed by atoms with Crippen molar-refractivity contribution < 1.29 is 0 Å². The standard InChI is InChI=1S/C12H14N2S/c1-8-3-5-10(6-4-8)11-7-15-12(13)14-9(11)2/h3-7,12H,13H2,1-2H3. The topological polar surface area (TPSA) is 38.4 Å². The molecule has 0 fully saturated rings. The molecule has 1 unspecified atom stereocenters.